The maximum absolute atomic E-state index is 14.3. The number of nitrogens with zero attached hydrogens (tertiary/aromatic N) is 3. The zero-order valence-corrected chi connectivity index (χ0v) is 28.6. The third kappa shape index (κ3) is 6.76. The number of methoxy groups -OCH3 is 1. The van der Waals surface area contributed by atoms with Gasteiger partial charge in [0.15, 0.2) is 38.7 Å². The van der Waals surface area contributed by atoms with Crippen molar-refractivity contribution in [3.63, 3.8) is 0 Å². The van der Waals surface area contributed by atoms with Crippen LogP contribution in [0.1, 0.15) is 54.9 Å². The lowest BCUT2D eigenvalue weighted by atomic mass is 9.95. The van der Waals surface area contributed by atoms with Gasteiger partial charge in [-0.2, -0.15) is 0 Å². The highest BCUT2D eigenvalue weighted by atomic mass is 32.2. The summed E-state index contributed by atoms with van der Waals surface area (Å²) in [4.78, 5) is 29.4. The second-order valence-electron chi connectivity index (χ2n) is 11.5. The molecule has 1 amide bonds. The number of hydrogen-bond donors (Lipinski definition) is 1. The third-order valence-corrected chi connectivity index (χ3v) is 9.87. The summed E-state index contributed by atoms with van der Waals surface area (Å²) in [7, 11) is 1.51. The molecule has 248 valence electrons. The van der Waals surface area contributed by atoms with Gasteiger partial charge in [-0.15, -0.1) is 10.2 Å². The molecule has 0 saturated carbocycles. The molecule has 48 heavy (non-hydrogen) atoms. The molecule has 2 aromatic heterocycles. The van der Waals surface area contributed by atoms with E-state index in [-0.39, 0.29) is 16.5 Å². The molecule has 1 aliphatic heterocycles. The predicted octanol–water partition coefficient (Wildman–Crippen LogP) is 8.19. The van der Waals surface area contributed by atoms with Crippen molar-refractivity contribution in [3.05, 3.63) is 101 Å². The average molecular weight is 686 g/mol. The Balaban J connectivity index is 1.40. The highest BCUT2D eigenvalue weighted by Gasteiger charge is 2.47. The molecule has 1 unspecified atom stereocenters. The summed E-state index contributed by atoms with van der Waals surface area (Å²) in [5.41, 5.74) is 1.86. The number of fused-ring (bicyclic) bond motifs is 1. The molecule has 0 aliphatic carbocycles. The molecule has 0 spiro atoms. The van der Waals surface area contributed by atoms with Gasteiger partial charge in [0.2, 0.25) is 10.9 Å². The second kappa shape index (κ2) is 14.5. The summed E-state index contributed by atoms with van der Waals surface area (Å²) in [6.45, 7) is 6.97. The van der Waals surface area contributed by atoms with E-state index < -0.39 is 23.5 Å². The maximum Gasteiger partial charge on any atom is 0.296 e. The molecular weight excluding hydrogens is 651 g/mol. The van der Waals surface area contributed by atoms with Gasteiger partial charge in [0.05, 0.1) is 31.9 Å². The van der Waals surface area contributed by atoms with Crippen molar-refractivity contribution >= 4 is 50.9 Å². The van der Waals surface area contributed by atoms with Crippen LogP contribution in [0.4, 0.5) is 5.13 Å². The number of para-hydroxylation sites is 1. The van der Waals surface area contributed by atoms with E-state index in [0.29, 0.717) is 63.0 Å². The first kappa shape index (κ1) is 33.1. The number of amides is 1. The van der Waals surface area contributed by atoms with Gasteiger partial charge in [0.1, 0.15) is 0 Å². The first-order valence-electron chi connectivity index (χ1n) is 15.6. The molecule has 0 radical (unpaired) electrons. The van der Waals surface area contributed by atoms with Crippen molar-refractivity contribution in [3.8, 4) is 17.2 Å². The zero-order chi connectivity index (χ0) is 33.8. The maximum atomic E-state index is 14.3. The Morgan fingerprint density at radius 2 is 1.83 bits per heavy atom. The van der Waals surface area contributed by atoms with E-state index in [1.807, 2.05) is 37.3 Å². The molecule has 1 atom stereocenters. The lowest BCUT2D eigenvalue weighted by molar-refractivity contribution is -0.117. The molecule has 1 N–H and O–H groups in total. The normalized spacial score (nSPS) is 14.7. The van der Waals surface area contributed by atoms with Crippen LogP contribution in [-0.2, 0) is 10.5 Å². The summed E-state index contributed by atoms with van der Waals surface area (Å²) in [6.07, 6.45) is 0.859. The fraction of sp³-hybridized carbons (Fsp3) is 0.278. The molecule has 0 bridgehead atoms. The molecule has 3 aromatic carbocycles. The Morgan fingerprint density at radius 3 is 2.58 bits per heavy atom. The first-order chi connectivity index (χ1) is 23.3. The minimum atomic E-state index is -1.07. The minimum absolute atomic E-state index is 0.0502. The number of thioether (sulfide) groups is 1. The Bertz CT molecular complexity index is 1970. The Hall–Kier alpha value is -4.81. The number of benzene rings is 3. The first-order valence-corrected chi connectivity index (χ1v) is 17.4. The lowest BCUT2D eigenvalue weighted by Gasteiger charge is -2.25. The van der Waals surface area contributed by atoms with Gasteiger partial charge < -0.3 is 23.7 Å². The largest absolute Gasteiger partial charge is 0.503 e. The van der Waals surface area contributed by atoms with Gasteiger partial charge in [-0.05, 0) is 54.7 Å². The van der Waals surface area contributed by atoms with Gasteiger partial charge in [0.25, 0.3) is 5.91 Å². The number of aromatic nitrogens is 2. The molecule has 1 aliphatic rings. The van der Waals surface area contributed by atoms with E-state index in [4.69, 9.17) is 18.6 Å². The SMILES string of the molecule is CCOc1cc(C2C(C(=O)c3cc4cccc(OC)c4o3)=C(O)C(=O)N2c2nnc(SCc3ccccc3)s2)ccc1OCCC(C)C. The molecule has 10 nitrogen and oxygen atoms in total. The summed E-state index contributed by atoms with van der Waals surface area (Å²) in [6, 6.07) is 21.0. The van der Waals surface area contributed by atoms with Crippen LogP contribution in [0.3, 0.4) is 0 Å². The number of ketones is 1. The highest BCUT2D eigenvalue weighted by Crippen LogP contribution is 2.46. The number of ether oxygens (including phenoxy) is 3. The number of carbonyl (C=O) groups excluding carboxylic acids is 2. The van der Waals surface area contributed by atoms with Crippen molar-refractivity contribution in [2.45, 2.75) is 43.3 Å². The van der Waals surface area contributed by atoms with Crippen LogP contribution in [-0.4, -0.2) is 47.3 Å². The highest BCUT2D eigenvalue weighted by molar-refractivity contribution is 8.00. The zero-order valence-electron chi connectivity index (χ0n) is 27.0. The smallest absolute Gasteiger partial charge is 0.296 e. The van der Waals surface area contributed by atoms with E-state index in [0.717, 1.165) is 12.0 Å². The van der Waals surface area contributed by atoms with E-state index in [1.54, 1.807) is 42.5 Å². The number of Topliss-reactive ketones (excluding diaryl/α,β-unsaturated/α-hetero) is 1. The molecule has 6 rings (SSSR count). The van der Waals surface area contributed by atoms with Crippen LogP contribution in [0.2, 0.25) is 0 Å². The van der Waals surface area contributed by atoms with Crippen molar-refractivity contribution < 1.29 is 33.3 Å². The Kier molecular flexibility index (Phi) is 10.0. The molecule has 0 fully saturated rings. The van der Waals surface area contributed by atoms with Crippen LogP contribution in [0.25, 0.3) is 11.0 Å². The van der Waals surface area contributed by atoms with Gasteiger partial charge >= 0.3 is 0 Å². The summed E-state index contributed by atoms with van der Waals surface area (Å²) < 4.78 is 24.0. The molecular formula is C36H35N3O7S2. The second-order valence-corrected chi connectivity index (χ2v) is 13.6. The standard InChI is InChI=1S/C36H35N3O7S2/c1-5-44-27-18-23(14-15-25(27)45-17-16-21(2)3)30-29(31(40)28-19-24-12-9-13-26(43-4)33(24)46-28)32(41)34(42)39(30)35-37-38-36(48-35)47-20-22-10-7-6-8-11-22/h6-15,18-19,21,30,41H,5,16-17,20H2,1-4H3. The van der Waals surface area contributed by atoms with Crippen molar-refractivity contribution in [2.75, 3.05) is 25.2 Å². The fourth-order valence-electron chi connectivity index (χ4n) is 5.36. The average Bonchev–Trinajstić information content (AvgIpc) is 3.81. The number of carbonyl (C=O) groups is 2. The van der Waals surface area contributed by atoms with Crippen LogP contribution in [0.5, 0.6) is 17.2 Å². The number of rotatable bonds is 14. The van der Waals surface area contributed by atoms with Crippen molar-refractivity contribution in [1.29, 1.82) is 0 Å². The monoisotopic (exact) mass is 685 g/mol. The number of anilines is 1. The van der Waals surface area contributed by atoms with Gasteiger partial charge in [0, 0.05) is 11.1 Å². The van der Waals surface area contributed by atoms with Crippen molar-refractivity contribution in [1.82, 2.24) is 10.2 Å². The van der Waals surface area contributed by atoms with E-state index in [2.05, 4.69) is 24.0 Å². The predicted molar refractivity (Wildman–Crippen MR) is 185 cm³/mol. The topological polar surface area (TPSA) is 124 Å². The Morgan fingerprint density at radius 1 is 1.02 bits per heavy atom. The summed E-state index contributed by atoms with van der Waals surface area (Å²) in [5, 5.41) is 20.9. The van der Waals surface area contributed by atoms with Crippen LogP contribution in [0, 0.1) is 5.92 Å². The lowest BCUT2D eigenvalue weighted by Crippen LogP contribution is -2.31. The minimum Gasteiger partial charge on any atom is -0.503 e. The van der Waals surface area contributed by atoms with Crippen LogP contribution >= 0.6 is 23.1 Å². The quantitative estimate of drug-likeness (QED) is 0.0695. The van der Waals surface area contributed by atoms with E-state index >= 15 is 0 Å². The number of furan rings is 1. The number of aliphatic hydroxyl groups excluding tert-OH is 1. The van der Waals surface area contributed by atoms with Crippen LogP contribution < -0.4 is 19.1 Å². The molecule has 3 heterocycles. The summed E-state index contributed by atoms with van der Waals surface area (Å²) >= 11 is 2.69. The van der Waals surface area contributed by atoms with Crippen LogP contribution in [0.15, 0.2) is 92.9 Å². The molecule has 0 saturated heterocycles. The Labute approximate surface area is 286 Å². The number of aliphatic hydroxyl groups is 1. The third-order valence-electron chi connectivity index (χ3n) is 7.75. The van der Waals surface area contributed by atoms with Gasteiger partial charge in [-0.3, -0.25) is 14.5 Å². The van der Waals surface area contributed by atoms with E-state index in [9.17, 15) is 14.7 Å². The van der Waals surface area contributed by atoms with Gasteiger partial charge in [-0.1, -0.05) is 85.5 Å². The summed E-state index contributed by atoms with van der Waals surface area (Å²) in [5.74, 6) is 0.396. The molecule has 5 aromatic rings. The van der Waals surface area contributed by atoms with Crippen molar-refractivity contribution in [2.24, 2.45) is 5.92 Å². The van der Waals surface area contributed by atoms with Gasteiger partial charge in [-0.25, -0.2) is 0 Å². The van der Waals surface area contributed by atoms with E-state index in [1.165, 1.54) is 35.1 Å². The number of hydrogen-bond acceptors (Lipinski definition) is 11. The molecule has 12 heteroatoms. The fourth-order valence-corrected chi connectivity index (χ4v) is 7.18.